The maximum Gasteiger partial charge on any atom is 0.453 e. The number of aryl methyl sites for hydroxylation is 1. The highest BCUT2D eigenvalue weighted by atomic mass is 32.1. The van der Waals surface area contributed by atoms with E-state index in [-0.39, 0.29) is 5.69 Å². The quantitative estimate of drug-likeness (QED) is 0.597. The van der Waals surface area contributed by atoms with Crippen LogP contribution in [0.25, 0.3) is 0 Å². The number of nitrogens with zero attached hydrogens (tertiary/aromatic N) is 2. The van der Waals surface area contributed by atoms with Crippen molar-refractivity contribution in [3.63, 3.8) is 0 Å². The number of ether oxygens (including phenoxy) is 1. The second-order valence-corrected chi connectivity index (χ2v) is 4.61. The SMILES string of the molecule is Cc1noc(C(F)(F)F)c1C(=S)Oc1ccc(C(F)(F)F)cn1. The molecule has 4 nitrogen and oxygen atoms in total. The molecule has 0 bridgehead atoms. The summed E-state index contributed by atoms with van der Waals surface area (Å²) in [5.41, 5.74) is -1.81. The highest BCUT2D eigenvalue weighted by Gasteiger charge is 2.41. The number of hydrogen-bond donors (Lipinski definition) is 0. The van der Waals surface area contributed by atoms with E-state index in [0.29, 0.717) is 12.3 Å². The second kappa shape index (κ2) is 5.80. The van der Waals surface area contributed by atoms with Gasteiger partial charge in [0, 0.05) is 12.3 Å². The molecule has 0 atom stereocenters. The summed E-state index contributed by atoms with van der Waals surface area (Å²) in [5, 5.41) is 2.50. The van der Waals surface area contributed by atoms with Crippen LogP contribution in [0.3, 0.4) is 0 Å². The van der Waals surface area contributed by atoms with Crippen molar-refractivity contribution >= 4 is 17.3 Å². The van der Waals surface area contributed by atoms with Crippen LogP contribution in [-0.4, -0.2) is 15.2 Å². The minimum atomic E-state index is -4.85. The zero-order valence-electron chi connectivity index (χ0n) is 11.1. The van der Waals surface area contributed by atoms with Crippen LogP contribution in [-0.2, 0) is 12.4 Å². The minimum Gasteiger partial charge on any atom is -0.427 e. The van der Waals surface area contributed by atoms with E-state index in [0.717, 1.165) is 6.07 Å². The van der Waals surface area contributed by atoms with Gasteiger partial charge in [0.05, 0.1) is 11.3 Å². The third-order valence-corrected chi connectivity index (χ3v) is 2.87. The molecule has 23 heavy (non-hydrogen) atoms. The fraction of sp³-hybridized carbons (Fsp3) is 0.250. The van der Waals surface area contributed by atoms with E-state index < -0.39 is 40.2 Å². The number of pyridine rings is 1. The van der Waals surface area contributed by atoms with Gasteiger partial charge < -0.3 is 9.26 Å². The fourth-order valence-electron chi connectivity index (χ4n) is 1.56. The molecule has 0 aromatic carbocycles. The molecule has 0 spiro atoms. The zero-order valence-corrected chi connectivity index (χ0v) is 11.9. The van der Waals surface area contributed by atoms with Gasteiger partial charge in [-0.2, -0.15) is 26.3 Å². The van der Waals surface area contributed by atoms with Gasteiger partial charge in [0.1, 0.15) is 5.56 Å². The first-order valence-corrected chi connectivity index (χ1v) is 6.20. The lowest BCUT2D eigenvalue weighted by atomic mass is 10.2. The highest BCUT2D eigenvalue weighted by Crippen LogP contribution is 2.34. The first-order valence-electron chi connectivity index (χ1n) is 5.79. The fourth-order valence-corrected chi connectivity index (χ4v) is 1.88. The summed E-state index contributed by atoms with van der Waals surface area (Å²) in [6.45, 7) is 1.21. The van der Waals surface area contributed by atoms with Crippen molar-refractivity contribution in [3.05, 3.63) is 40.9 Å². The Morgan fingerprint density at radius 2 is 1.78 bits per heavy atom. The van der Waals surface area contributed by atoms with Crippen molar-refractivity contribution in [1.29, 1.82) is 0 Å². The van der Waals surface area contributed by atoms with E-state index in [4.69, 9.17) is 17.0 Å². The Labute approximate surface area is 130 Å². The largest absolute Gasteiger partial charge is 0.453 e. The molecular weight excluding hydrogens is 350 g/mol. The molecule has 0 saturated carbocycles. The summed E-state index contributed by atoms with van der Waals surface area (Å²) in [7, 11) is 0. The molecule has 0 fully saturated rings. The van der Waals surface area contributed by atoms with E-state index in [9.17, 15) is 26.3 Å². The molecule has 0 saturated heterocycles. The number of aromatic nitrogens is 2. The van der Waals surface area contributed by atoms with E-state index in [2.05, 4.69) is 14.7 Å². The summed E-state index contributed by atoms with van der Waals surface area (Å²) in [4.78, 5) is 3.35. The zero-order chi connectivity index (χ0) is 17.4. The topological polar surface area (TPSA) is 48.2 Å². The molecule has 11 heteroatoms. The second-order valence-electron chi connectivity index (χ2n) is 4.24. The van der Waals surface area contributed by atoms with Gasteiger partial charge in [0.2, 0.25) is 10.9 Å². The predicted molar refractivity (Wildman–Crippen MR) is 67.8 cm³/mol. The van der Waals surface area contributed by atoms with Crippen LogP contribution < -0.4 is 4.74 Å². The Morgan fingerprint density at radius 3 is 2.26 bits per heavy atom. The van der Waals surface area contributed by atoms with Gasteiger partial charge in [-0.15, -0.1) is 0 Å². The van der Waals surface area contributed by atoms with Crippen molar-refractivity contribution in [2.45, 2.75) is 19.3 Å². The minimum absolute atomic E-state index is 0.172. The molecule has 0 unspecified atom stereocenters. The summed E-state index contributed by atoms with van der Waals surface area (Å²) in [6.07, 6.45) is -8.97. The Morgan fingerprint density at radius 1 is 1.13 bits per heavy atom. The molecule has 2 heterocycles. The number of halogens is 6. The molecule has 2 rings (SSSR count). The van der Waals surface area contributed by atoms with Gasteiger partial charge in [0.15, 0.2) is 0 Å². The third kappa shape index (κ3) is 3.78. The van der Waals surface area contributed by atoms with Gasteiger partial charge in [-0.05, 0) is 25.2 Å². The standard InChI is InChI=1S/C12H6F6N2O2S/c1-5-8(9(22-20-5)12(16,17)18)10(23)21-7-3-2-6(4-19-7)11(13,14)15/h2-4H,1H3. The lowest BCUT2D eigenvalue weighted by Crippen LogP contribution is -2.16. The van der Waals surface area contributed by atoms with Gasteiger partial charge in [-0.25, -0.2) is 4.98 Å². The van der Waals surface area contributed by atoms with Crippen LogP contribution in [0.5, 0.6) is 5.88 Å². The van der Waals surface area contributed by atoms with Crippen LogP contribution in [0.15, 0.2) is 22.9 Å². The van der Waals surface area contributed by atoms with Gasteiger partial charge in [-0.1, -0.05) is 5.16 Å². The number of thiocarbonyl (C=S) groups is 1. The average molecular weight is 356 g/mol. The normalized spacial score (nSPS) is 12.3. The molecule has 0 aliphatic carbocycles. The van der Waals surface area contributed by atoms with E-state index in [1.54, 1.807) is 0 Å². The molecule has 124 valence electrons. The van der Waals surface area contributed by atoms with E-state index in [1.807, 2.05) is 0 Å². The summed E-state index contributed by atoms with van der Waals surface area (Å²) in [5.74, 6) is -1.84. The van der Waals surface area contributed by atoms with Crippen LogP contribution >= 0.6 is 12.2 Å². The first-order chi connectivity index (χ1) is 10.5. The van der Waals surface area contributed by atoms with Crippen LogP contribution in [0.1, 0.15) is 22.6 Å². The Balaban J connectivity index is 2.25. The third-order valence-electron chi connectivity index (χ3n) is 2.59. The predicted octanol–water partition coefficient (Wildman–Crippen LogP) is 4.17. The molecule has 0 aliphatic heterocycles. The van der Waals surface area contributed by atoms with Gasteiger partial charge in [-0.3, -0.25) is 0 Å². The van der Waals surface area contributed by atoms with Gasteiger partial charge >= 0.3 is 12.4 Å². The van der Waals surface area contributed by atoms with Gasteiger partial charge in [0.25, 0.3) is 5.76 Å². The van der Waals surface area contributed by atoms with Crippen LogP contribution in [0, 0.1) is 6.92 Å². The van der Waals surface area contributed by atoms with Crippen molar-refractivity contribution in [2.75, 3.05) is 0 Å². The Kier molecular flexibility index (Phi) is 4.33. The average Bonchev–Trinajstić information content (AvgIpc) is 2.80. The monoisotopic (exact) mass is 356 g/mol. The van der Waals surface area contributed by atoms with E-state index in [1.165, 1.54) is 6.92 Å². The van der Waals surface area contributed by atoms with Crippen LogP contribution in [0.2, 0.25) is 0 Å². The van der Waals surface area contributed by atoms with Crippen molar-refractivity contribution in [2.24, 2.45) is 0 Å². The highest BCUT2D eigenvalue weighted by molar-refractivity contribution is 7.80. The maximum atomic E-state index is 12.8. The number of alkyl halides is 6. The molecular formula is C12H6F6N2O2S. The summed E-state index contributed by atoms with van der Waals surface area (Å²) < 4.78 is 84.5. The Hall–Kier alpha value is -2.17. The Bertz CT molecular complexity index is 721. The first kappa shape index (κ1) is 17.2. The molecule has 2 aromatic heterocycles. The summed E-state index contributed by atoms with van der Waals surface area (Å²) in [6, 6.07) is 1.50. The molecule has 0 amide bonds. The molecule has 0 aliphatic rings. The van der Waals surface area contributed by atoms with Crippen LogP contribution in [0.4, 0.5) is 26.3 Å². The number of hydrogen-bond acceptors (Lipinski definition) is 5. The van der Waals surface area contributed by atoms with Crippen molar-refractivity contribution in [1.82, 2.24) is 10.1 Å². The molecule has 0 radical (unpaired) electrons. The summed E-state index contributed by atoms with van der Waals surface area (Å²) >= 11 is 4.72. The van der Waals surface area contributed by atoms with E-state index >= 15 is 0 Å². The molecule has 2 aromatic rings. The lowest BCUT2D eigenvalue weighted by Gasteiger charge is -2.09. The smallest absolute Gasteiger partial charge is 0.427 e. The number of rotatable bonds is 2. The maximum absolute atomic E-state index is 12.8. The lowest BCUT2D eigenvalue weighted by molar-refractivity contribution is -0.155. The molecule has 0 N–H and O–H groups in total. The van der Waals surface area contributed by atoms with Crippen molar-refractivity contribution in [3.8, 4) is 5.88 Å². The van der Waals surface area contributed by atoms with Crippen molar-refractivity contribution < 1.29 is 35.6 Å².